The molecular formula is C36H41N3O5S. The van der Waals surface area contributed by atoms with Crippen molar-refractivity contribution in [3.05, 3.63) is 108 Å². The van der Waals surface area contributed by atoms with Crippen LogP contribution in [0.25, 0.3) is 10.8 Å². The average Bonchev–Trinajstić information content (AvgIpc) is 3.07. The summed E-state index contributed by atoms with van der Waals surface area (Å²) in [6.07, 6.45) is 5.35. The van der Waals surface area contributed by atoms with E-state index in [1.807, 2.05) is 78.9 Å². The summed E-state index contributed by atoms with van der Waals surface area (Å²) in [5.74, 6) is -0.0754. The summed E-state index contributed by atoms with van der Waals surface area (Å²) in [6, 6.07) is 28.6. The van der Waals surface area contributed by atoms with Crippen molar-refractivity contribution in [2.24, 2.45) is 0 Å². The van der Waals surface area contributed by atoms with Gasteiger partial charge in [-0.25, -0.2) is 8.42 Å². The van der Waals surface area contributed by atoms with E-state index in [2.05, 4.69) is 5.32 Å². The van der Waals surface area contributed by atoms with Gasteiger partial charge in [0.25, 0.3) is 0 Å². The Kier molecular flexibility index (Phi) is 10.5. The highest BCUT2D eigenvalue weighted by molar-refractivity contribution is 7.89. The van der Waals surface area contributed by atoms with Gasteiger partial charge in [0.1, 0.15) is 11.8 Å². The first-order chi connectivity index (χ1) is 21.7. The van der Waals surface area contributed by atoms with Crippen LogP contribution in [-0.2, 0) is 32.6 Å². The van der Waals surface area contributed by atoms with Gasteiger partial charge in [0.05, 0.1) is 18.6 Å². The van der Waals surface area contributed by atoms with Crippen LogP contribution in [-0.4, -0.2) is 62.2 Å². The number of hydrogen-bond acceptors (Lipinski definition) is 5. The number of nitrogens with zero attached hydrogens (tertiary/aromatic N) is 2. The number of benzene rings is 4. The van der Waals surface area contributed by atoms with E-state index in [4.69, 9.17) is 4.74 Å². The molecule has 0 aromatic heterocycles. The zero-order chi connectivity index (χ0) is 31.8. The molecule has 0 heterocycles. The molecule has 1 saturated carbocycles. The number of ether oxygens (including phenoxy) is 1. The molecule has 4 aromatic rings. The summed E-state index contributed by atoms with van der Waals surface area (Å²) < 4.78 is 33.9. The highest BCUT2D eigenvalue weighted by atomic mass is 32.2. The summed E-state index contributed by atoms with van der Waals surface area (Å²) in [6.45, 7) is -0.323. The summed E-state index contributed by atoms with van der Waals surface area (Å²) in [5.41, 5.74) is 1.67. The van der Waals surface area contributed by atoms with Gasteiger partial charge in [-0.15, -0.1) is 0 Å². The molecule has 0 radical (unpaired) electrons. The van der Waals surface area contributed by atoms with E-state index in [1.165, 1.54) is 11.9 Å². The van der Waals surface area contributed by atoms with Crippen molar-refractivity contribution in [1.82, 2.24) is 14.5 Å². The molecule has 0 unspecified atom stereocenters. The fourth-order valence-electron chi connectivity index (χ4n) is 5.94. The van der Waals surface area contributed by atoms with Gasteiger partial charge >= 0.3 is 0 Å². The molecule has 1 N–H and O–H groups in total. The molecule has 1 atom stereocenters. The Bertz CT molecular complexity index is 1720. The Morgan fingerprint density at radius 1 is 0.844 bits per heavy atom. The van der Waals surface area contributed by atoms with Crippen LogP contribution in [0.5, 0.6) is 5.75 Å². The largest absolute Gasteiger partial charge is 0.497 e. The van der Waals surface area contributed by atoms with Crippen LogP contribution in [0.4, 0.5) is 0 Å². The lowest BCUT2D eigenvalue weighted by molar-refractivity contribution is -0.141. The standard InChI is InChI=1S/C36H41N3O5S/c1-38(45(42,43)33-21-20-29-15-9-10-16-30(29)24-33)26-35(40)39(25-28-14-11-19-32(22-28)44-2)34(23-27-12-5-3-6-13-27)36(41)37-31-17-7-4-8-18-31/h3,5-6,9-16,19-22,24,31,34H,4,7-8,17-18,23,25-26H2,1-2H3,(H,37,41)/t34-/m1/s1. The molecule has 5 rings (SSSR count). The van der Waals surface area contributed by atoms with Crippen LogP contribution in [0, 0.1) is 0 Å². The van der Waals surface area contributed by atoms with Crippen molar-refractivity contribution in [3.8, 4) is 5.75 Å². The zero-order valence-electron chi connectivity index (χ0n) is 25.9. The third kappa shape index (κ3) is 8.09. The molecule has 2 amide bonds. The lowest BCUT2D eigenvalue weighted by Crippen LogP contribution is -2.54. The minimum Gasteiger partial charge on any atom is -0.497 e. The van der Waals surface area contributed by atoms with E-state index < -0.39 is 28.5 Å². The average molecular weight is 628 g/mol. The van der Waals surface area contributed by atoms with Crippen LogP contribution >= 0.6 is 0 Å². The molecular weight excluding hydrogens is 586 g/mol. The maximum absolute atomic E-state index is 14.2. The smallest absolute Gasteiger partial charge is 0.243 e. The van der Waals surface area contributed by atoms with Crippen LogP contribution in [0.1, 0.15) is 43.2 Å². The predicted octanol–water partition coefficient (Wildman–Crippen LogP) is 5.56. The Labute approximate surface area is 266 Å². The van der Waals surface area contributed by atoms with Gasteiger partial charge in [-0.05, 0) is 59.0 Å². The summed E-state index contributed by atoms with van der Waals surface area (Å²) in [5, 5.41) is 4.94. The van der Waals surface area contributed by atoms with E-state index in [0.29, 0.717) is 5.75 Å². The molecule has 0 saturated heterocycles. The Morgan fingerprint density at radius 3 is 2.27 bits per heavy atom. The number of nitrogens with one attached hydrogen (secondary N) is 1. The lowest BCUT2D eigenvalue weighted by atomic mass is 9.94. The first kappa shape index (κ1) is 32.2. The number of carbonyl (C=O) groups excluding carboxylic acids is 2. The Morgan fingerprint density at radius 2 is 1.53 bits per heavy atom. The molecule has 45 heavy (non-hydrogen) atoms. The normalized spacial score (nSPS) is 14.6. The first-order valence-corrected chi connectivity index (χ1v) is 16.9. The molecule has 1 aliphatic rings. The second kappa shape index (κ2) is 14.7. The molecule has 0 bridgehead atoms. The summed E-state index contributed by atoms with van der Waals surface area (Å²) in [4.78, 5) is 29.9. The second-order valence-electron chi connectivity index (χ2n) is 11.7. The van der Waals surface area contributed by atoms with Crippen molar-refractivity contribution in [3.63, 3.8) is 0 Å². The van der Waals surface area contributed by atoms with Crippen LogP contribution in [0.2, 0.25) is 0 Å². The third-order valence-electron chi connectivity index (χ3n) is 8.50. The van der Waals surface area contributed by atoms with Gasteiger partial charge in [-0.2, -0.15) is 4.31 Å². The monoisotopic (exact) mass is 627 g/mol. The van der Waals surface area contributed by atoms with Crippen molar-refractivity contribution in [1.29, 1.82) is 0 Å². The molecule has 236 valence electrons. The molecule has 1 fully saturated rings. The Balaban J connectivity index is 1.46. The van der Waals surface area contributed by atoms with Gasteiger partial charge in [-0.1, -0.05) is 92.1 Å². The van der Waals surface area contributed by atoms with E-state index in [-0.39, 0.29) is 29.8 Å². The number of carbonyl (C=O) groups is 2. The van der Waals surface area contributed by atoms with Gasteiger partial charge in [0.15, 0.2) is 0 Å². The number of rotatable bonds is 12. The first-order valence-electron chi connectivity index (χ1n) is 15.5. The quantitative estimate of drug-likeness (QED) is 0.222. The van der Waals surface area contributed by atoms with Gasteiger partial charge in [0.2, 0.25) is 21.8 Å². The topological polar surface area (TPSA) is 96.0 Å². The number of sulfonamides is 1. The lowest BCUT2D eigenvalue weighted by Gasteiger charge is -2.34. The van der Waals surface area contributed by atoms with Crippen LogP contribution in [0.15, 0.2) is 102 Å². The number of amides is 2. The molecule has 8 nitrogen and oxygen atoms in total. The van der Waals surface area contributed by atoms with E-state index >= 15 is 0 Å². The van der Waals surface area contributed by atoms with Crippen molar-refractivity contribution >= 4 is 32.6 Å². The minimum atomic E-state index is -4.00. The molecule has 4 aromatic carbocycles. The fraction of sp³-hybridized carbons (Fsp3) is 0.333. The van der Waals surface area contributed by atoms with Gasteiger partial charge in [-0.3, -0.25) is 9.59 Å². The van der Waals surface area contributed by atoms with E-state index in [9.17, 15) is 18.0 Å². The van der Waals surface area contributed by atoms with Crippen molar-refractivity contribution < 1.29 is 22.7 Å². The van der Waals surface area contributed by atoms with Crippen LogP contribution in [0.3, 0.4) is 0 Å². The summed E-state index contributed by atoms with van der Waals surface area (Å²) in [7, 11) is -1.03. The minimum absolute atomic E-state index is 0.0502. The summed E-state index contributed by atoms with van der Waals surface area (Å²) >= 11 is 0. The number of hydrogen-bond donors (Lipinski definition) is 1. The highest BCUT2D eigenvalue weighted by Crippen LogP contribution is 2.24. The molecule has 9 heteroatoms. The third-order valence-corrected chi connectivity index (χ3v) is 10.3. The molecule has 1 aliphatic carbocycles. The van der Waals surface area contributed by atoms with Gasteiger partial charge in [0, 0.05) is 26.1 Å². The second-order valence-corrected chi connectivity index (χ2v) is 13.7. The van der Waals surface area contributed by atoms with E-state index in [1.54, 1.807) is 25.3 Å². The fourth-order valence-corrected chi connectivity index (χ4v) is 7.10. The molecule has 0 aliphatic heterocycles. The maximum Gasteiger partial charge on any atom is 0.243 e. The van der Waals surface area contributed by atoms with Crippen LogP contribution < -0.4 is 10.1 Å². The van der Waals surface area contributed by atoms with Crippen molar-refractivity contribution in [2.75, 3.05) is 20.7 Å². The number of likely N-dealkylation sites (N-methyl/N-ethyl adjacent to an activating group) is 1. The Hall–Kier alpha value is -4.21. The zero-order valence-corrected chi connectivity index (χ0v) is 26.7. The number of methoxy groups -OCH3 is 1. The van der Waals surface area contributed by atoms with Gasteiger partial charge < -0.3 is 15.0 Å². The predicted molar refractivity (Wildman–Crippen MR) is 176 cm³/mol. The van der Waals surface area contributed by atoms with E-state index in [0.717, 1.165) is 58.3 Å². The maximum atomic E-state index is 14.2. The van der Waals surface area contributed by atoms with Crippen molar-refractivity contribution in [2.45, 2.75) is 62.0 Å². The highest BCUT2D eigenvalue weighted by Gasteiger charge is 2.34. The molecule has 0 spiro atoms. The number of fused-ring (bicyclic) bond motifs is 1. The SMILES string of the molecule is COc1cccc(CN(C(=O)CN(C)S(=O)(=O)c2ccc3ccccc3c2)[C@H](Cc2ccccc2)C(=O)NC2CCCCC2)c1.